The van der Waals surface area contributed by atoms with Gasteiger partial charge in [-0.2, -0.15) is 21.6 Å². The van der Waals surface area contributed by atoms with Crippen molar-refractivity contribution in [2.24, 2.45) is 0 Å². The van der Waals surface area contributed by atoms with Gasteiger partial charge in [-0.05, 0) is 11.1 Å². The third-order valence-electron chi connectivity index (χ3n) is 2.71. The van der Waals surface area contributed by atoms with Gasteiger partial charge in [0.1, 0.15) is 6.10 Å². The average molecular weight is 333 g/mol. The van der Waals surface area contributed by atoms with Crippen molar-refractivity contribution in [3.63, 3.8) is 0 Å². The molecule has 0 fully saturated rings. The Kier molecular flexibility index (Phi) is 5.70. The molecule has 0 bridgehead atoms. The molecule has 0 spiro atoms. The van der Waals surface area contributed by atoms with E-state index in [4.69, 9.17) is 0 Å². The van der Waals surface area contributed by atoms with Gasteiger partial charge in [0.25, 0.3) is 0 Å². The van der Waals surface area contributed by atoms with E-state index < -0.39 is 21.7 Å². The Morgan fingerprint density at radius 1 is 0.818 bits per heavy atom. The molecule has 0 aromatic heterocycles. The van der Waals surface area contributed by atoms with Gasteiger partial charge >= 0.3 is 15.6 Å². The van der Waals surface area contributed by atoms with Gasteiger partial charge in [0.05, 0.1) is 0 Å². The van der Waals surface area contributed by atoms with Crippen LogP contribution in [0.5, 0.6) is 0 Å². The van der Waals surface area contributed by atoms with Gasteiger partial charge in [0.15, 0.2) is 0 Å². The molecule has 0 amide bonds. The van der Waals surface area contributed by atoms with Crippen molar-refractivity contribution in [1.29, 1.82) is 0 Å². The van der Waals surface area contributed by atoms with Crippen LogP contribution in [0, 0.1) is 0 Å². The first kappa shape index (κ1) is 18.1. The Hall–Kier alpha value is -1.90. The van der Waals surface area contributed by atoms with Crippen molar-refractivity contribution >= 4 is 10.1 Å². The minimum atomic E-state index is -5.69. The molecule has 0 aliphatic carbocycles. The van der Waals surface area contributed by atoms with E-state index in [9.17, 15) is 21.6 Å². The number of rotatable bonds is 4. The first-order chi connectivity index (χ1) is 9.81. The second-order valence-corrected chi connectivity index (χ2v) is 5.76. The van der Waals surface area contributed by atoms with Gasteiger partial charge in [0.2, 0.25) is 0 Å². The number of alkyl halides is 3. The van der Waals surface area contributed by atoms with Crippen molar-refractivity contribution in [3.05, 3.63) is 71.8 Å². The molecule has 0 heterocycles. The van der Waals surface area contributed by atoms with E-state index in [0.29, 0.717) is 11.1 Å². The normalized spacial score (nSPS) is 12.0. The molecular weight excluding hydrogens is 319 g/mol. The molecule has 0 saturated carbocycles. The Morgan fingerprint density at radius 3 is 1.50 bits per heavy atom. The highest BCUT2D eigenvalue weighted by atomic mass is 32.2. The molecule has 0 aliphatic heterocycles. The van der Waals surface area contributed by atoms with Crippen LogP contribution in [0.25, 0.3) is 0 Å². The van der Waals surface area contributed by atoms with Crippen LogP contribution in [0.1, 0.15) is 17.2 Å². The van der Waals surface area contributed by atoms with Crippen LogP contribution in [0.4, 0.5) is 13.2 Å². The summed E-state index contributed by atoms with van der Waals surface area (Å²) in [6.45, 7) is 0. The van der Waals surface area contributed by atoms with Crippen LogP contribution in [-0.2, 0) is 14.3 Å². The Labute approximate surface area is 126 Å². The summed E-state index contributed by atoms with van der Waals surface area (Å²) < 4.78 is 64.5. The molecule has 8 heteroatoms. The van der Waals surface area contributed by atoms with E-state index >= 15 is 0 Å². The van der Waals surface area contributed by atoms with Gasteiger partial charge in [-0.25, -0.2) is 0 Å². The second kappa shape index (κ2) is 6.91. The molecule has 0 aliphatic rings. The van der Waals surface area contributed by atoms with Gasteiger partial charge in [0, 0.05) is 0 Å². The van der Waals surface area contributed by atoms with Crippen LogP contribution in [0.15, 0.2) is 60.7 Å². The summed E-state index contributed by atoms with van der Waals surface area (Å²) in [6, 6.07) is 15.7. The van der Waals surface area contributed by atoms with Gasteiger partial charge in [-0.1, -0.05) is 60.7 Å². The highest BCUT2D eigenvalue weighted by Crippen LogP contribution is 2.33. The summed E-state index contributed by atoms with van der Waals surface area (Å²) in [4.78, 5) is 0. The fourth-order valence-electron chi connectivity index (χ4n) is 1.74. The Balaban J connectivity index is 0.00000242. The number of halogens is 3. The van der Waals surface area contributed by atoms with E-state index in [-0.39, 0.29) is 6.15 Å². The van der Waals surface area contributed by atoms with Crippen LogP contribution in [-0.4, -0.2) is 13.9 Å². The van der Waals surface area contributed by atoms with E-state index in [1.807, 2.05) is 0 Å². The monoisotopic (exact) mass is 333 g/mol. The largest absolute Gasteiger partial charge is 0.523 e. The van der Waals surface area contributed by atoms with E-state index in [1.54, 1.807) is 36.4 Å². The molecular formula is C14H14F3NO3S. The highest BCUT2D eigenvalue weighted by molar-refractivity contribution is 7.87. The molecule has 0 atom stereocenters. The van der Waals surface area contributed by atoms with Crippen LogP contribution in [0.3, 0.4) is 0 Å². The summed E-state index contributed by atoms with van der Waals surface area (Å²) in [5, 5.41) is 0. The molecule has 2 aromatic rings. The van der Waals surface area contributed by atoms with E-state index in [2.05, 4.69) is 4.18 Å². The van der Waals surface area contributed by atoms with Crippen molar-refractivity contribution in [2.45, 2.75) is 11.6 Å². The molecule has 2 aromatic carbocycles. The third-order valence-corrected chi connectivity index (χ3v) is 3.72. The first-order valence-corrected chi connectivity index (χ1v) is 7.31. The third kappa shape index (κ3) is 4.06. The van der Waals surface area contributed by atoms with E-state index in [0.717, 1.165) is 0 Å². The topological polar surface area (TPSA) is 78.4 Å². The smallest absolute Gasteiger partial charge is 0.344 e. The van der Waals surface area contributed by atoms with Crippen LogP contribution >= 0.6 is 0 Å². The molecule has 4 nitrogen and oxygen atoms in total. The van der Waals surface area contributed by atoms with Crippen molar-refractivity contribution in [3.8, 4) is 0 Å². The summed E-state index contributed by atoms with van der Waals surface area (Å²) >= 11 is 0. The lowest BCUT2D eigenvalue weighted by Gasteiger charge is -2.19. The molecule has 2 rings (SSSR count). The molecule has 3 N–H and O–H groups in total. The molecule has 0 radical (unpaired) electrons. The zero-order chi connectivity index (χ0) is 15.5. The fourth-order valence-corrected chi connectivity index (χ4v) is 2.33. The lowest BCUT2D eigenvalue weighted by atomic mass is 10.0. The highest BCUT2D eigenvalue weighted by Gasteiger charge is 2.49. The summed E-state index contributed by atoms with van der Waals surface area (Å²) in [7, 11) is -5.69. The Morgan fingerprint density at radius 2 is 1.18 bits per heavy atom. The summed E-state index contributed by atoms with van der Waals surface area (Å²) in [6.07, 6.45) is -1.35. The standard InChI is InChI=1S/C14H11F3O3S.H3N/c15-14(16,17)21(18,19)20-13(11-7-3-1-4-8-11)12-9-5-2-6-10-12;/h1-10,13H;1H3. The second-order valence-electron chi connectivity index (χ2n) is 4.20. The maximum absolute atomic E-state index is 12.5. The van der Waals surface area contributed by atoms with Crippen molar-refractivity contribution in [1.82, 2.24) is 6.15 Å². The summed E-state index contributed by atoms with van der Waals surface area (Å²) in [5.41, 5.74) is -4.83. The van der Waals surface area contributed by atoms with Gasteiger partial charge in [-0.3, -0.25) is 4.18 Å². The van der Waals surface area contributed by atoms with Gasteiger partial charge < -0.3 is 6.15 Å². The summed E-state index contributed by atoms with van der Waals surface area (Å²) in [5.74, 6) is 0. The lowest BCUT2D eigenvalue weighted by molar-refractivity contribution is -0.0562. The molecule has 22 heavy (non-hydrogen) atoms. The predicted molar refractivity (Wildman–Crippen MR) is 75.8 cm³/mol. The molecule has 0 unspecified atom stereocenters. The SMILES string of the molecule is N.O=S(=O)(OC(c1ccccc1)c1ccccc1)C(F)(F)F. The fraction of sp³-hybridized carbons (Fsp3) is 0.143. The van der Waals surface area contributed by atoms with Crippen LogP contribution in [0.2, 0.25) is 0 Å². The zero-order valence-corrected chi connectivity index (χ0v) is 12.1. The minimum absolute atomic E-state index is 0. The number of hydrogen-bond donors (Lipinski definition) is 1. The predicted octanol–water partition coefficient (Wildman–Crippen LogP) is 3.80. The average Bonchev–Trinajstić information content (AvgIpc) is 2.45. The van der Waals surface area contributed by atoms with E-state index in [1.165, 1.54) is 24.3 Å². The zero-order valence-electron chi connectivity index (χ0n) is 11.3. The number of hydrogen-bond acceptors (Lipinski definition) is 4. The van der Waals surface area contributed by atoms with Gasteiger partial charge in [-0.15, -0.1) is 0 Å². The molecule has 120 valence electrons. The quantitative estimate of drug-likeness (QED) is 0.682. The maximum atomic E-state index is 12.5. The van der Waals surface area contributed by atoms with Crippen molar-refractivity contribution < 1.29 is 25.8 Å². The lowest BCUT2D eigenvalue weighted by Crippen LogP contribution is -2.27. The Bertz CT molecular complexity index is 649. The number of benzene rings is 2. The van der Waals surface area contributed by atoms with Crippen molar-refractivity contribution in [2.75, 3.05) is 0 Å². The maximum Gasteiger partial charge on any atom is 0.523 e. The minimum Gasteiger partial charge on any atom is -0.344 e. The van der Waals surface area contributed by atoms with Crippen LogP contribution < -0.4 is 6.15 Å². The molecule has 0 saturated heterocycles. The first-order valence-electron chi connectivity index (χ1n) is 5.91.